The maximum Gasteiger partial charge on any atom is 0.335 e. The van der Waals surface area contributed by atoms with E-state index in [9.17, 15) is 14.7 Å². The van der Waals surface area contributed by atoms with Crippen LogP contribution in [0.4, 0.5) is 0 Å². The summed E-state index contributed by atoms with van der Waals surface area (Å²) in [6, 6.07) is 7.21. The number of carboxylic acid groups (broad SMARTS) is 1. The van der Waals surface area contributed by atoms with E-state index in [1.54, 1.807) is 12.1 Å². The number of hydrogen-bond donors (Lipinski definition) is 1. The van der Waals surface area contributed by atoms with E-state index in [0.717, 1.165) is 44.3 Å². The van der Waals surface area contributed by atoms with E-state index in [4.69, 9.17) is 4.74 Å². The first kappa shape index (κ1) is 17.0. The van der Waals surface area contributed by atoms with Crippen molar-refractivity contribution in [3.05, 3.63) is 35.4 Å². The highest BCUT2D eigenvalue weighted by Crippen LogP contribution is 2.31. The van der Waals surface area contributed by atoms with Crippen LogP contribution in [0.5, 0.6) is 0 Å². The molecule has 2 fully saturated rings. The van der Waals surface area contributed by atoms with Crippen LogP contribution in [-0.2, 0) is 9.53 Å². The summed E-state index contributed by atoms with van der Waals surface area (Å²) in [4.78, 5) is 25.7. The highest BCUT2D eigenvalue weighted by Gasteiger charge is 2.28. The molecule has 0 aliphatic carbocycles. The lowest BCUT2D eigenvalue weighted by molar-refractivity contribution is -0.136. The molecule has 1 aromatic rings. The van der Waals surface area contributed by atoms with E-state index in [-0.39, 0.29) is 17.9 Å². The second-order valence-corrected chi connectivity index (χ2v) is 6.74. The lowest BCUT2D eigenvalue weighted by Gasteiger charge is -2.34. The van der Waals surface area contributed by atoms with Crippen LogP contribution in [0.1, 0.15) is 60.4 Å². The van der Waals surface area contributed by atoms with Gasteiger partial charge in [-0.05, 0) is 49.7 Å². The maximum absolute atomic E-state index is 12.4. The Hall–Kier alpha value is -1.88. The van der Waals surface area contributed by atoms with Crippen molar-refractivity contribution < 1.29 is 19.4 Å². The third kappa shape index (κ3) is 3.96. The molecule has 1 aromatic carbocycles. The molecule has 2 aliphatic heterocycles. The number of piperidine rings is 1. The Bertz CT molecular complexity index is 587. The van der Waals surface area contributed by atoms with Gasteiger partial charge in [0.05, 0.1) is 18.1 Å². The third-order valence-electron chi connectivity index (χ3n) is 5.15. The molecule has 5 heteroatoms. The Morgan fingerprint density at radius 1 is 1.12 bits per heavy atom. The summed E-state index contributed by atoms with van der Waals surface area (Å²) < 4.78 is 5.66. The molecule has 3 rings (SSSR count). The normalized spacial score (nSPS) is 22.3. The topological polar surface area (TPSA) is 66.8 Å². The molecule has 1 atom stereocenters. The van der Waals surface area contributed by atoms with Crippen molar-refractivity contribution >= 4 is 11.9 Å². The number of rotatable bonds is 4. The average molecular weight is 331 g/mol. The zero-order chi connectivity index (χ0) is 16.9. The van der Waals surface area contributed by atoms with Crippen molar-refractivity contribution in [1.82, 2.24) is 4.90 Å². The molecule has 1 unspecified atom stereocenters. The van der Waals surface area contributed by atoms with Crippen LogP contribution >= 0.6 is 0 Å². The number of hydrogen-bond acceptors (Lipinski definition) is 3. The van der Waals surface area contributed by atoms with Gasteiger partial charge in [0.1, 0.15) is 0 Å². The van der Waals surface area contributed by atoms with Gasteiger partial charge in [-0.15, -0.1) is 0 Å². The first-order valence-corrected chi connectivity index (χ1v) is 8.86. The predicted molar refractivity (Wildman–Crippen MR) is 90.2 cm³/mol. The highest BCUT2D eigenvalue weighted by atomic mass is 16.5. The van der Waals surface area contributed by atoms with Gasteiger partial charge in [-0.2, -0.15) is 0 Å². The SMILES string of the molecule is O=C(O)c1ccccc1C1CCN(C(=O)CC2CCCCO2)CC1. The number of ether oxygens (including phenoxy) is 1. The van der Waals surface area contributed by atoms with Gasteiger partial charge in [-0.3, -0.25) is 4.79 Å². The molecule has 130 valence electrons. The van der Waals surface area contributed by atoms with Crippen molar-refractivity contribution in [3.8, 4) is 0 Å². The van der Waals surface area contributed by atoms with Gasteiger partial charge in [0.25, 0.3) is 0 Å². The number of amides is 1. The minimum absolute atomic E-state index is 0.0803. The molecule has 2 heterocycles. The van der Waals surface area contributed by atoms with E-state index in [2.05, 4.69) is 0 Å². The molecular weight excluding hydrogens is 306 g/mol. The van der Waals surface area contributed by atoms with Crippen LogP contribution in [0.3, 0.4) is 0 Å². The lowest BCUT2D eigenvalue weighted by Crippen LogP contribution is -2.40. The fraction of sp³-hybridized carbons (Fsp3) is 0.579. The van der Waals surface area contributed by atoms with Crippen LogP contribution in [0.25, 0.3) is 0 Å². The van der Waals surface area contributed by atoms with E-state index < -0.39 is 5.97 Å². The minimum Gasteiger partial charge on any atom is -0.478 e. The number of carbonyl (C=O) groups excluding carboxylic acids is 1. The quantitative estimate of drug-likeness (QED) is 0.921. The van der Waals surface area contributed by atoms with E-state index in [1.807, 2.05) is 17.0 Å². The van der Waals surface area contributed by atoms with Gasteiger partial charge in [0.2, 0.25) is 5.91 Å². The lowest BCUT2D eigenvalue weighted by atomic mass is 9.86. The summed E-state index contributed by atoms with van der Waals surface area (Å²) in [5, 5.41) is 9.34. The van der Waals surface area contributed by atoms with E-state index in [1.165, 1.54) is 0 Å². The molecule has 2 aliphatic rings. The molecule has 1 N–H and O–H groups in total. The zero-order valence-electron chi connectivity index (χ0n) is 13.9. The maximum atomic E-state index is 12.4. The first-order valence-electron chi connectivity index (χ1n) is 8.86. The molecule has 0 spiro atoms. The van der Waals surface area contributed by atoms with Crippen molar-refractivity contribution in [2.75, 3.05) is 19.7 Å². The number of aromatic carboxylic acids is 1. The molecule has 0 aromatic heterocycles. The van der Waals surface area contributed by atoms with E-state index >= 15 is 0 Å². The highest BCUT2D eigenvalue weighted by molar-refractivity contribution is 5.89. The number of benzene rings is 1. The largest absolute Gasteiger partial charge is 0.478 e. The average Bonchev–Trinajstić information content (AvgIpc) is 2.62. The van der Waals surface area contributed by atoms with Crippen molar-refractivity contribution in [2.24, 2.45) is 0 Å². The number of carboxylic acids is 1. The van der Waals surface area contributed by atoms with Crippen LogP contribution in [0.15, 0.2) is 24.3 Å². The molecule has 0 bridgehead atoms. The van der Waals surface area contributed by atoms with Crippen molar-refractivity contribution in [3.63, 3.8) is 0 Å². The minimum atomic E-state index is -0.876. The molecule has 5 nitrogen and oxygen atoms in total. The van der Waals surface area contributed by atoms with Gasteiger partial charge in [-0.25, -0.2) is 4.79 Å². The summed E-state index contributed by atoms with van der Waals surface area (Å²) in [5.41, 5.74) is 1.28. The zero-order valence-corrected chi connectivity index (χ0v) is 13.9. The summed E-state index contributed by atoms with van der Waals surface area (Å²) in [6.07, 6.45) is 5.43. The van der Waals surface area contributed by atoms with Gasteiger partial charge >= 0.3 is 5.97 Å². The van der Waals surface area contributed by atoms with Crippen LogP contribution in [0.2, 0.25) is 0 Å². The monoisotopic (exact) mass is 331 g/mol. The van der Waals surface area contributed by atoms with Gasteiger partial charge < -0.3 is 14.7 Å². The first-order chi connectivity index (χ1) is 11.6. The summed E-state index contributed by atoms with van der Waals surface area (Å²) in [5.74, 6) is -0.488. The molecular formula is C19H25NO4. The van der Waals surface area contributed by atoms with Gasteiger partial charge in [0, 0.05) is 19.7 Å². The Morgan fingerprint density at radius 2 is 1.88 bits per heavy atom. The standard InChI is InChI=1S/C19H25NO4/c21-18(13-15-5-3-4-12-24-15)20-10-8-14(9-11-20)16-6-1-2-7-17(16)19(22)23/h1-2,6-7,14-15H,3-5,8-13H2,(H,22,23). The number of carbonyl (C=O) groups is 2. The Kier molecular flexibility index (Phi) is 5.51. The molecule has 1 amide bonds. The predicted octanol–water partition coefficient (Wildman–Crippen LogP) is 3.05. The summed E-state index contributed by atoms with van der Waals surface area (Å²) in [7, 11) is 0. The Morgan fingerprint density at radius 3 is 2.54 bits per heavy atom. The second-order valence-electron chi connectivity index (χ2n) is 6.74. The Labute approximate surface area is 142 Å². The van der Waals surface area contributed by atoms with Crippen LogP contribution in [-0.4, -0.2) is 47.7 Å². The Balaban J connectivity index is 1.56. The van der Waals surface area contributed by atoms with Gasteiger partial charge in [0.15, 0.2) is 0 Å². The molecule has 0 radical (unpaired) electrons. The third-order valence-corrected chi connectivity index (χ3v) is 5.15. The van der Waals surface area contributed by atoms with Crippen molar-refractivity contribution in [1.29, 1.82) is 0 Å². The fourth-order valence-electron chi connectivity index (χ4n) is 3.78. The summed E-state index contributed by atoms with van der Waals surface area (Å²) >= 11 is 0. The molecule has 0 saturated carbocycles. The van der Waals surface area contributed by atoms with Crippen molar-refractivity contribution in [2.45, 2.75) is 50.5 Å². The smallest absolute Gasteiger partial charge is 0.335 e. The molecule has 2 saturated heterocycles. The molecule has 24 heavy (non-hydrogen) atoms. The number of nitrogens with zero attached hydrogens (tertiary/aromatic N) is 1. The van der Waals surface area contributed by atoms with Crippen LogP contribution < -0.4 is 0 Å². The van der Waals surface area contributed by atoms with Gasteiger partial charge in [-0.1, -0.05) is 18.2 Å². The van der Waals surface area contributed by atoms with E-state index in [0.29, 0.717) is 25.1 Å². The second kappa shape index (κ2) is 7.79. The van der Waals surface area contributed by atoms with Crippen LogP contribution in [0, 0.1) is 0 Å². The fourth-order valence-corrected chi connectivity index (χ4v) is 3.78. The summed E-state index contributed by atoms with van der Waals surface area (Å²) in [6.45, 7) is 2.17. The number of likely N-dealkylation sites (tertiary alicyclic amines) is 1.